The molecule has 4 atom stereocenters. The van der Waals surface area contributed by atoms with Gasteiger partial charge in [-0.15, -0.1) is 0 Å². The molecular formula is C16H32N2O. The van der Waals surface area contributed by atoms with Crippen molar-refractivity contribution < 1.29 is 5.11 Å². The monoisotopic (exact) mass is 268 g/mol. The Kier molecular flexibility index (Phi) is 4.59. The van der Waals surface area contributed by atoms with Crippen molar-refractivity contribution >= 4 is 0 Å². The molecule has 19 heavy (non-hydrogen) atoms. The molecule has 0 aromatic rings. The topological polar surface area (TPSA) is 26.7 Å². The van der Waals surface area contributed by atoms with Crippen molar-refractivity contribution in [3.05, 3.63) is 0 Å². The quantitative estimate of drug-likeness (QED) is 0.790. The Bertz CT molecular complexity index is 280. The zero-order valence-corrected chi connectivity index (χ0v) is 13.4. The summed E-state index contributed by atoms with van der Waals surface area (Å²) < 4.78 is 0. The van der Waals surface area contributed by atoms with E-state index in [1.165, 1.54) is 6.42 Å². The molecule has 2 fully saturated rings. The van der Waals surface area contributed by atoms with Gasteiger partial charge in [0.15, 0.2) is 0 Å². The third-order valence-electron chi connectivity index (χ3n) is 5.08. The zero-order chi connectivity index (χ0) is 14.2. The maximum Gasteiger partial charge on any atom is 0.0700 e. The Morgan fingerprint density at radius 3 is 2.00 bits per heavy atom. The minimum absolute atomic E-state index is 0.125. The maximum absolute atomic E-state index is 10.4. The van der Waals surface area contributed by atoms with E-state index in [4.69, 9.17) is 0 Å². The molecule has 1 saturated heterocycles. The predicted octanol–water partition coefficient (Wildman–Crippen LogP) is 2.20. The summed E-state index contributed by atoms with van der Waals surface area (Å²) in [5, 5.41) is 10.4. The minimum atomic E-state index is -0.125. The minimum Gasteiger partial charge on any atom is -0.391 e. The molecule has 1 saturated carbocycles. The largest absolute Gasteiger partial charge is 0.391 e. The molecule has 0 bridgehead atoms. The molecule has 2 aliphatic rings. The Labute approximate surface area is 119 Å². The lowest BCUT2D eigenvalue weighted by Crippen LogP contribution is -2.60. The second-order valence-corrected chi connectivity index (χ2v) is 7.81. The third-order valence-corrected chi connectivity index (χ3v) is 5.08. The highest BCUT2D eigenvalue weighted by Crippen LogP contribution is 2.33. The van der Waals surface area contributed by atoms with Crippen LogP contribution in [-0.4, -0.2) is 58.8 Å². The van der Waals surface area contributed by atoms with Gasteiger partial charge < -0.3 is 5.11 Å². The highest BCUT2D eigenvalue weighted by molar-refractivity contribution is 4.93. The van der Waals surface area contributed by atoms with Gasteiger partial charge in [-0.1, -0.05) is 13.8 Å². The van der Waals surface area contributed by atoms with Gasteiger partial charge in [-0.3, -0.25) is 9.80 Å². The van der Waals surface area contributed by atoms with Crippen LogP contribution in [0.2, 0.25) is 0 Å². The summed E-state index contributed by atoms with van der Waals surface area (Å²) in [7, 11) is 0. The van der Waals surface area contributed by atoms with Crippen LogP contribution in [0.3, 0.4) is 0 Å². The fourth-order valence-electron chi connectivity index (χ4n) is 4.10. The molecule has 112 valence electrons. The second-order valence-electron chi connectivity index (χ2n) is 7.81. The van der Waals surface area contributed by atoms with Crippen molar-refractivity contribution in [1.82, 2.24) is 9.80 Å². The molecule has 3 nitrogen and oxygen atoms in total. The molecule has 0 spiro atoms. The van der Waals surface area contributed by atoms with Crippen LogP contribution in [0.1, 0.15) is 47.5 Å². The average Bonchev–Trinajstić information content (AvgIpc) is 2.27. The zero-order valence-electron chi connectivity index (χ0n) is 13.4. The van der Waals surface area contributed by atoms with Crippen molar-refractivity contribution in [2.45, 2.75) is 65.1 Å². The Morgan fingerprint density at radius 2 is 1.53 bits per heavy atom. The lowest BCUT2D eigenvalue weighted by Gasteiger charge is -2.49. The Morgan fingerprint density at radius 1 is 0.947 bits per heavy atom. The summed E-state index contributed by atoms with van der Waals surface area (Å²) >= 11 is 0. The third kappa shape index (κ3) is 3.50. The van der Waals surface area contributed by atoms with E-state index in [0.717, 1.165) is 32.6 Å². The van der Waals surface area contributed by atoms with E-state index < -0.39 is 0 Å². The van der Waals surface area contributed by atoms with Crippen molar-refractivity contribution in [2.24, 2.45) is 11.8 Å². The number of nitrogens with zero attached hydrogens (tertiary/aromatic N) is 2. The van der Waals surface area contributed by atoms with E-state index in [1.54, 1.807) is 0 Å². The van der Waals surface area contributed by atoms with Gasteiger partial charge in [0.2, 0.25) is 0 Å². The van der Waals surface area contributed by atoms with Crippen LogP contribution in [0.25, 0.3) is 0 Å². The van der Waals surface area contributed by atoms with Gasteiger partial charge >= 0.3 is 0 Å². The molecule has 0 amide bonds. The molecule has 1 N–H and O–H groups in total. The number of hydrogen-bond donors (Lipinski definition) is 1. The molecule has 0 aromatic heterocycles. The smallest absolute Gasteiger partial charge is 0.0700 e. The summed E-state index contributed by atoms with van der Waals surface area (Å²) in [6.07, 6.45) is 2.12. The standard InChI is InChI=1S/C16H32N2O/c1-12-10-13(2)15(14(19)11-12)17-6-8-18(9-7-17)16(3,4)5/h12-15,19H,6-11H2,1-5H3. The number of aliphatic hydroxyl groups excluding tert-OH is 1. The van der Waals surface area contributed by atoms with Crippen LogP contribution in [0.5, 0.6) is 0 Å². The molecule has 1 heterocycles. The van der Waals surface area contributed by atoms with Crippen molar-refractivity contribution in [3.63, 3.8) is 0 Å². The summed E-state index contributed by atoms with van der Waals surface area (Å²) in [6.45, 7) is 16.0. The predicted molar refractivity (Wildman–Crippen MR) is 80.3 cm³/mol. The molecule has 0 radical (unpaired) electrons. The van der Waals surface area contributed by atoms with E-state index in [-0.39, 0.29) is 11.6 Å². The Balaban J connectivity index is 1.94. The van der Waals surface area contributed by atoms with Crippen LogP contribution >= 0.6 is 0 Å². The molecule has 1 aliphatic heterocycles. The molecule has 3 heteroatoms. The van der Waals surface area contributed by atoms with Crippen LogP contribution < -0.4 is 0 Å². The second kappa shape index (κ2) is 5.71. The van der Waals surface area contributed by atoms with E-state index in [0.29, 0.717) is 17.9 Å². The summed E-state index contributed by atoms with van der Waals surface area (Å²) in [5.41, 5.74) is 0.275. The van der Waals surface area contributed by atoms with Crippen LogP contribution in [-0.2, 0) is 0 Å². The summed E-state index contributed by atoms with van der Waals surface area (Å²) in [6, 6.07) is 0.387. The van der Waals surface area contributed by atoms with Crippen LogP contribution in [0.15, 0.2) is 0 Å². The van der Waals surface area contributed by atoms with Gasteiger partial charge in [0.1, 0.15) is 0 Å². The van der Waals surface area contributed by atoms with Gasteiger partial charge in [0.05, 0.1) is 6.10 Å². The highest BCUT2D eigenvalue weighted by atomic mass is 16.3. The molecule has 1 aliphatic carbocycles. The number of hydrogen-bond acceptors (Lipinski definition) is 3. The molecule has 0 aromatic carbocycles. The first-order chi connectivity index (χ1) is 8.79. The van der Waals surface area contributed by atoms with Crippen molar-refractivity contribution in [2.75, 3.05) is 26.2 Å². The number of aliphatic hydroxyl groups is 1. The maximum atomic E-state index is 10.4. The number of piperazine rings is 1. The van der Waals surface area contributed by atoms with Crippen molar-refractivity contribution in [3.8, 4) is 0 Å². The van der Waals surface area contributed by atoms with Gasteiger partial charge in [-0.2, -0.15) is 0 Å². The number of rotatable bonds is 1. The Hall–Kier alpha value is -0.120. The first-order valence-electron chi connectivity index (χ1n) is 7.96. The van der Waals surface area contributed by atoms with E-state index in [1.807, 2.05) is 0 Å². The lowest BCUT2D eigenvalue weighted by molar-refractivity contribution is -0.0506. The molecule has 2 rings (SSSR count). The fourth-order valence-corrected chi connectivity index (χ4v) is 4.10. The van der Waals surface area contributed by atoms with E-state index in [2.05, 4.69) is 44.4 Å². The summed E-state index contributed by atoms with van der Waals surface area (Å²) in [5.74, 6) is 1.30. The van der Waals surface area contributed by atoms with Crippen LogP contribution in [0.4, 0.5) is 0 Å². The first-order valence-corrected chi connectivity index (χ1v) is 7.96. The van der Waals surface area contributed by atoms with Crippen LogP contribution in [0, 0.1) is 11.8 Å². The lowest BCUT2D eigenvalue weighted by atomic mass is 9.77. The van der Waals surface area contributed by atoms with Crippen molar-refractivity contribution in [1.29, 1.82) is 0 Å². The summed E-state index contributed by atoms with van der Waals surface area (Å²) in [4.78, 5) is 5.11. The van der Waals surface area contributed by atoms with E-state index >= 15 is 0 Å². The van der Waals surface area contributed by atoms with E-state index in [9.17, 15) is 5.11 Å². The normalized spacial score (nSPS) is 39.5. The highest BCUT2D eigenvalue weighted by Gasteiger charge is 2.38. The fraction of sp³-hybridized carbons (Fsp3) is 1.00. The first kappa shape index (κ1) is 15.3. The van der Waals surface area contributed by atoms with Gasteiger partial charge in [-0.25, -0.2) is 0 Å². The van der Waals surface area contributed by atoms with Gasteiger partial charge in [0.25, 0.3) is 0 Å². The van der Waals surface area contributed by atoms with Gasteiger partial charge in [0, 0.05) is 37.8 Å². The molecular weight excluding hydrogens is 236 g/mol. The SMILES string of the molecule is CC1CC(C)C(N2CCN(C(C)(C)C)CC2)C(O)C1. The van der Waals surface area contributed by atoms with Gasteiger partial charge in [-0.05, 0) is 45.4 Å². The molecule has 4 unspecified atom stereocenters. The average molecular weight is 268 g/mol.